The van der Waals surface area contributed by atoms with Gasteiger partial charge >= 0.3 is 0 Å². The van der Waals surface area contributed by atoms with Gasteiger partial charge in [-0.25, -0.2) is 0 Å². The molecule has 1 aliphatic carbocycles. The zero-order valence-corrected chi connectivity index (χ0v) is 15.9. The molecule has 0 aromatic heterocycles. The van der Waals surface area contributed by atoms with Crippen LogP contribution in [-0.2, 0) is 16.0 Å². The van der Waals surface area contributed by atoms with Crippen molar-refractivity contribution < 1.29 is 14.3 Å². The molecule has 1 heterocycles. The van der Waals surface area contributed by atoms with Gasteiger partial charge in [0.2, 0.25) is 11.8 Å². The number of nitrogens with zero attached hydrogens (tertiary/aromatic N) is 1. The molecular formula is C21H30N2O3. The lowest BCUT2D eigenvalue weighted by Gasteiger charge is -2.35. The maximum absolute atomic E-state index is 12.9. The van der Waals surface area contributed by atoms with Gasteiger partial charge in [0, 0.05) is 19.0 Å². The summed E-state index contributed by atoms with van der Waals surface area (Å²) in [6.07, 6.45) is 6.28. The summed E-state index contributed by atoms with van der Waals surface area (Å²) < 4.78 is 5.47. The van der Waals surface area contributed by atoms with Crippen molar-refractivity contribution >= 4 is 11.8 Å². The van der Waals surface area contributed by atoms with Crippen LogP contribution in [0.2, 0.25) is 0 Å². The predicted molar refractivity (Wildman–Crippen MR) is 101 cm³/mol. The van der Waals surface area contributed by atoms with E-state index in [4.69, 9.17) is 4.74 Å². The van der Waals surface area contributed by atoms with Crippen LogP contribution in [0.15, 0.2) is 24.3 Å². The smallest absolute Gasteiger partial charge is 0.245 e. The fraction of sp³-hybridized carbons (Fsp3) is 0.619. The standard InChI is InChI=1S/C21H30N2O3/c1-3-26-18-10-8-16(9-11-18)13-15-23-19(24)12-14-21(23,2)20(25)22-17-6-4-5-7-17/h8-11,17H,3-7,12-15H2,1-2H3,(H,22,25). The molecule has 1 atom stereocenters. The molecule has 1 N–H and O–H groups in total. The van der Waals surface area contributed by atoms with Gasteiger partial charge in [-0.05, 0) is 57.2 Å². The first-order valence-corrected chi connectivity index (χ1v) is 9.86. The molecule has 3 rings (SSSR count). The third-order valence-corrected chi connectivity index (χ3v) is 5.76. The van der Waals surface area contributed by atoms with Crippen molar-refractivity contribution in [2.24, 2.45) is 0 Å². The molecule has 0 spiro atoms. The van der Waals surface area contributed by atoms with Crippen molar-refractivity contribution in [3.8, 4) is 5.75 Å². The van der Waals surface area contributed by atoms with Crippen LogP contribution in [0.1, 0.15) is 57.9 Å². The Hall–Kier alpha value is -2.04. The van der Waals surface area contributed by atoms with Crippen molar-refractivity contribution in [1.29, 1.82) is 0 Å². The second-order valence-electron chi connectivity index (χ2n) is 7.60. The van der Waals surface area contributed by atoms with Crippen molar-refractivity contribution in [3.63, 3.8) is 0 Å². The van der Waals surface area contributed by atoms with Crippen LogP contribution in [0.4, 0.5) is 0 Å². The Labute approximate surface area is 156 Å². The van der Waals surface area contributed by atoms with Crippen molar-refractivity contribution in [3.05, 3.63) is 29.8 Å². The lowest BCUT2D eigenvalue weighted by Crippen LogP contribution is -2.56. The minimum absolute atomic E-state index is 0.0157. The molecule has 1 saturated carbocycles. The van der Waals surface area contributed by atoms with Gasteiger partial charge in [-0.3, -0.25) is 9.59 Å². The van der Waals surface area contributed by atoms with Crippen LogP contribution in [0.25, 0.3) is 0 Å². The Bertz CT molecular complexity index is 637. The third kappa shape index (κ3) is 4.02. The van der Waals surface area contributed by atoms with Crippen LogP contribution in [-0.4, -0.2) is 41.4 Å². The molecule has 1 unspecified atom stereocenters. The molecule has 2 aliphatic rings. The van der Waals surface area contributed by atoms with Crippen LogP contribution in [0.3, 0.4) is 0 Å². The molecule has 5 nitrogen and oxygen atoms in total. The summed E-state index contributed by atoms with van der Waals surface area (Å²) in [5.41, 5.74) is 0.428. The van der Waals surface area contributed by atoms with Gasteiger partial charge in [0.15, 0.2) is 0 Å². The summed E-state index contributed by atoms with van der Waals surface area (Å²) >= 11 is 0. The minimum Gasteiger partial charge on any atom is -0.494 e. The highest BCUT2D eigenvalue weighted by molar-refractivity contribution is 5.94. The molecule has 2 amide bonds. The Kier molecular flexibility index (Phi) is 5.84. The molecule has 26 heavy (non-hydrogen) atoms. The predicted octanol–water partition coefficient (Wildman–Crippen LogP) is 3.07. The molecule has 0 radical (unpaired) electrons. The molecule has 1 aromatic carbocycles. The number of carbonyl (C=O) groups excluding carboxylic acids is 2. The van der Waals surface area contributed by atoms with Gasteiger partial charge in [-0.1, -0.05) is 25.0 Å². The second kappa shape index (κ2) is 8.11. The van der Waals surface area contributed by atoms with Gasteiger partial charge < -0.3 is 15.0 Å². The molecule has 5 heteroatoms. The molecular weight excluding hydrogens is 328 g/mol. The number of amides is 2. The van der Waals surface area contributed by atoms with Crippen molar-refractivity contribution in [2.45, 2.75) is 70.4 Å². The highest BCUT2D eigenvalue weighted by Crippen LogP contribution is 2.31. The highest BCUT2D eigenvalue weighted by atomic mass is 16.5. The monoisotopic (exact) mass is 358 g/mol. The fourth-order valence-corrected chi connectivity index (χ4v) is 4.07. The number of hydrogen-bond donors (Lipinski definition) is 1. The zero-order valence-electron chi connectivity index (χ0n) is 15.9. The summed E-state index contributed by atoms with van der Waals surface area (Å²) in [5, 5.41) is 3.18. The van der Waals surface area contributed by atoms with E-state index in [1.807, 2.05) is 38.1 Å². The van der Waals surface area contributed by atoms with Gasteiger partial charge in [0.05, 0.1) is 6.61 Å². The van der Waals surface area contributed by atoms with E-state index in [0.29, 0.717) is 26.0 Å². The minimum atomic E-state index is -0.717. The number of rotatable bonds is 7. The number of hydrogen-bond acceptors (Lipinski definition) is 3. The topological polar surface area (TPSA) is 58.6 Å². The second-order valence-corrected chi connectivity index (χ2v) is 7.60. The van der Waals surface area contributed by atoms with E-state index in [0.717, 1.165) is 30.6 Å². The first-order valence-electron chi connectivity index (χ1n) is 9.86. The van der Waals surface area contributed by atoms with E-state index >= 15 is 0 Å². The summed E-state index contributed by atoms with van der Waals surface area (Å²) in [4.78, 5) is 27.1. The molecule has 1 saturated heterocycles. The SMILES string of the molecule is CCOc1ccc(CCN2C(=O)CCC2(C)C(=O)NC2CCCC2)cc1. The quantitative estimate of drug-likeness (QED) is 0.815. The van der Waals surface area contributed by atoms with E-state index < -0.39 is 5.54 Å². The van der Waals surface area contributed by atoms with E-state index in [-0.39, 0.29) is 17.9 Å². The maximum atomic E-state index is 12.9. The number of nitrogens with one attached hydrogen (secondary N) is 1. The maximum Gasteiger partial charge on any atom is 0.245 e. The average Bonchev–Trinajstić information content (AvgIpc) is 3.24. The lowest BCUT2D eigenvalue weighted by molar-refractivity contribution is -0.140. The van der Waals surface area contributed by atoms with Gasteiger partial charge in [0.25, 0.3) is 0 Å². The lowest BCUT2D eigenvalue weighted by atomic mass is 9.96. The number of carbonyl (C=O) groups is 2. The first-order chi connectivity index (χ1) is 12.5. The van der Waals surface area contributed by atoms with Crippen molar-refractivity contribution in [1.82, 2.24) is 10.2 Å². The van der Waals surface area contributed by atoms with Crippen LogP contribution < -0.4 is 10.1 Å². The van der Waals surface area contributed by atoms with Gasteiger partial charge in [-0.15, -0.1) is 0 Å². The zero-order chi connectivity index (χ0) is 18.6. The van der Waals surface area contributed by atoms with Gasteiger partial charge in [0.1, 0.15) is 11.3 Å². The van der Waals surface area contributed by atoms with Crippen LogP contribution in [0, 0.1) is 0 Å². The molecule has 142 valence electrons. The number of benzene rings is 1. The Balaban J connectivity index is 1.62. The largest absolute Gasteiger partial charge is 0.494 e. The summed E-state index contributed by atoms with van der Waals surface area (Å²) in [7, 11) is 0. The summed E-state index contributed by atoms with van der Waals surface area (Å²) in [6.45, 7) is 5.10. The molecule has 0 bridgehead atoms. The summed E-state index contributed by atoms with van der Waals surface area (Å²) in [5.74, 6) is 0.955. The number of likely N-dealkylation sites (tertiary alicyclic amines) is 1. The Morgan fingerprint density at radius 2 is 1.96 bits per heavy atom. The first kappa shape index (κ1) is 18.7. The Morgan fingerprint density at radius 3 is 2.62 bits per heavy atom. The van der Waals surface area contributed by atoms with E-state index in [1.165, 1.54) is 12.8 Å². The number of ether oxygens (including phenoxy) is 1. The fourth-order valence-electron chi connectivity index (χ4n) is 4.07. The van der Waals surface area contributed by atoms with Gasteiger partial charge in [-0.2, -0.15) is 0 Å². The van der Waals surface area contributed by atoms with E-state index in [9.17, 15) is 9.59 Å². The van der Waals surface area contributed by atoms with E-state index in [2.05, 4.69) is 5.32 Å². The average molecular weight is 358 g/mol. The molecule has 2 fully saturated rings. The molecule has 1 aromatic rings. The van der Waals surface area contributed by atoms with Crippen LogP contribution >= 0.6 is 0 Å². The van der Waals surface area contributed by atoms with Crippen LogP contribution in [0.5, 0.6) is 5.75 Å². The van der Waals surface area contributed by atoms with E-state index in [1.54, 1.807) is 4.90 Å². The van der Waals surface area contributed by atoms with Crippen molar-refractivity contribution in [2.75, 3.05) is 13.2 Å². The summed E-state index contributed by atoms with van der Waals surface area (Å²) in [6, 6.07) is 8.25. The highest BCUT2D eigenvalue weighted by Gasteiger charge is 2.47. The normalized spacial score (nSPS) is 23.5. The molecule has 1 aliphatic heterocycles. The Morgan fingerprint density at radius 1 is 1.27 bits per heavy atom. The third-order valence-electron chi connectivity index (χ3n) is 5.76.